The zero-order chi connectivity index (χ0) is 31.3. The van der Waals surface area contributed by atoms with Gasteiger partial charge in [0.1, 0.15) is 12.1 Å². The number of carbonyl (C=O) groups is 2. The fourth-order valence-corrected chi connectivity index (χ4v) is 10.3. The summed E-state index contributed by atoms with van der Waals surface area (Å²) in [5, 5.41) is 22.1. The quantitative estimate of drug-likeness (QED) is 0.419. The summed E-state index contributed by atoms with van der Waals surface area (Å²) in [7, 11) is 0. The highest BCUT2D eigenvalue weighted by molar-refractivity contribution is 6.01. The second-order valence-electron chi connectivity index (χ2n) is 14.5. The van der Waals surface area contributed by atoms with E-state index in [9.17, 15) is 19.8 Å². The van der Waals surface area contributed by atoms with Crippen LogP contribution < -0.4 is 5.73 Å². The number of Topliss-reactive ketones (excluding diaryl/α,β-unsaturated/α-hetero) is 1. The number of nitrogens with zero attached hydrogens (tertiary/aromatic N) is 1. The van der Waals surface area contributed by atoms with Crippen LogP contribution in [0, 0.1) is 34.5 Å². The second kappa shape index (κ2) is 10.1. The van der Waals surface area contributed by atoms with E-state index in [2.05, 4.69) is 37.1 Å². The Morgan fingerprint density at radius 3 is 2.84 bits per heavy atom. The Morgan fingerprint density at radius 1 is 1.22 bits per heavy atom. The molecule has 1 unspecified atom stereocenters. The lowest BCUT2D eigenvalue weighted by Crippen LogP contribution is -2.63. The molecular formula is C36H40N2O7. The van der Waals surface area contributed by atoms with E-state index >= 15 is 0 Å². The number of fused-ring (bicyclic) bond motifs is 8. The molecule has 9 heteroatoms. The van der Waals surface area contributed by atoms with Crippen LogP contribution in [0.1, 0.15) is 51.5 Å². The lowest BCUT2D eigenvalue weighted by molar-refractivity contribution is -0.205. The number of rotatable bonds is 5. The first-order valence-corrected chi connectivity index (χ1v) is 16.2. The fraction of sp³-hybridized carbons (Fsp3) is 0.528. The van der Waals surface area contributed by atoms with Crippen molar-refractivity contribution in [1.29, 1.82) is 0 Å². The predicted octanol–water partition coefficient (Wildman–Crippen LogP) is 4.39. The first-order chi connectivity index (χ1) is 21.6. The molecule has 45 heavy (non-hydrogen) atoms. The molecule has 1 aliphatic heterocycles. The van der Waals surface area contributed by atoms with Gasteiger partial charge in [0.05, 0.1) is 12.2 Å². The van der Waals surface area contributed by atoms with Crippen LogP contribution in [0.2, 0.25) is 0 Å². The highest BCUT2D eigenvalue weighted by atomic mass is 16.7. The molecule has 0 spiro atoms. The Morgan fingerprint density at radius 2 is 2.07 bits per heavy atom. The number of allylic oxidation sites excluding steroid dienone is 7. The van der Waals surface area contributed by atoms with Gasteiger partial charge >= 0.3 is 0 Å². The van der Waals surface area contributed by atoms with E-state index in [1.807, 2.05) is 12.1 Å². The lowest BCUT2D eigenvalue weighted by atomic mass is 9.46. The van der Waals surface area contributed by atoms with E-state index in [4.69, 9.17) is 19.6 Å². The molecule has 2 heterocycles. The van der Waals surface area contributed by atoms with Crippen LogP contribution >= 0.6 is 0 Å². The predicted molar refractivity (Wildman–Crippen MR) is 165 cm³/mol. The van der Waals surface area contributed by atoms with E-state index < -0.39 is 41.5 Å². The van der Waals surface area contributed by atoms with Crippen LogP contribution in [-0.4, -0.2) is 57.5 Å². The molecule has 1 aromatic carbocycles. The maximum atomic E-state index is 13.8. The zero-order valence-corrected chi connectivity index (χ0v) is 25.6. The molecular weight excluding hydrogens is 572 g/mol. The average molecular weight is 613 g/mol. The molecule has 6 aliphatic rings. The number of nitrogens with two attached hydrogens (primary N) is 1. The first-order valence-electron chi connectivity index (χ1n) is 16.2. The molecule has 10 atom stereocenters. The van der Waals surface area contributed by atoms with Crippen molar-refractivity contribution in [2.45, 2.75) is 76.5 Å². The zero-order valence-electron chi connectivity index (χ0n) is 25.6. The largest absolute Gasteiger partial charge is 0.443 e. The topological polar surface area (TPSA) is 145 Å². The van der Waals surface area contributed by atoms with E-state index in [1.54, 1.807) is 18.2 Å². The minimum Gasteiger partial charge on any atom is -0.443 e. The molecule has 1 saturated heterocycles. The van der Waals surface area contributed by atoms with Crippen molar-refractivity contribution >= 4 is 28.4 Å². The highest BCUT2D eigenvalue weighted by Crippen LogP contribution is 2.70. The Hall–Kier alpha value is -3.37. The van der Waals surface area contributed by atoms with Gasteiger partial charge in [0.25, 0.3) is 0 Å². The van der Waals surface area contributed by atoms with Gasteiger partial charge in [-0.05, 0) is 73.8 Å². The first kappa shape index (κ1) is 29.1. The summed E-state index contributed by atoms with van der Waals surface area (Å²) < 4.78 is 19.1. The minimum atomic E-state index is -1.34. The molecule has 3 saturated carbocycles. The molecule has 0 bridgehead atoms. The summed E-state index contributed by atoms with van der Waals surface area (Å²) in [5.41, 5.74) is 8.90. The van der Waals surface area contributed by atoms with Gasteiger partial charge in [-0.15, -0.1) is 0 Å². The molecule has 4 N–H and O–H groups in total. The molecule has 0 amide bonds. The van der Waals surface area contributed by atoms with Crippen LogP contribution in [0.3, 0.4) is 0 Å². The summed E-state index contributed by atoms with van der Waals surface area (Å²) in [4.78, 5) is 30.3. The maximum absolute atomic E-state index is 13.8. The number of carbonyl (C=O) groups excluding carboxylic acids is 2. The number of aliphatic hydroxyl groups excluding tert-OH is 2. The number of oxazole rings is 1. The van der Waals surface area contributed by atoms with Gasteiger partial charge in [-0.3, -0.25) is 9.59 Å². The summed E-state index contributed by atoms with van der Waals surface area (Å²) >= 11 is 0. The van der Waals surface area contributed by atoms with Crippen molar-refractivity contribution in [3.8, 4) is 0 Å². The van der Waals surface area contributed by atoms with Crippen molar-refractivity contribution < 1.29 is 33.7 Å². The lowest BCUT2D eigenvalue weighted by Gasteiger charge is -2.59. The molecule has 9 nitrogen and oxygen atoms in total. The summed E-state index contributed by atoms with van der Waals surface area (Å²) in [5.74, 6) is -0.354. The second-order valence-corrected chi connectivity index (χ2v) is 14.5. The summed E-state index contributed by atoms with van der Waals surface area (Å²) in [6, 6.07) is 3.71. The van der Waals surface area contributed by atoms with Gasteiger partial charge in [0.15, 0.2) is 35.4 Å². The number of benzene rings is 1. The molecule has 0 radical (unpaired) electrons. The molecule has 2 aromatic rings. The van der Waals surface area contributed by atoms with Gasteiger partial charge in [0, 0.05) is 40.3 Å². The Kier molecular flexibility index (Phi) is 6.50. The van der Waals surface area contributed by atoms with Gasteiger partial charge in [-0.2, -0.15) is 0 Å². The van der Waals surface area contributed by atoms with Crippen LogP contribution in [0.15, 0.2) is 70.5 Å². The van der Waals surface area contributed by atoms with Crippen molar-refractivity contribution in [2.75, 3.05) is 12.3 Å². The van der Waals surface area contributed by atoms with E-state index in [-0.39, 0.29) is 35.2 Å². The van der Waals surface area contributed by atoms with Gasteiger partial charge in [-0.1, -0.05) is 43.7 Å². The number of hydrogen-bond donors (Lipinski definition) is 3. The third kappa shape index (κ3) is 4.03. The van der Waals surface area contributed by atoms with Crippen LogP contribution in [-0.2, 0) is 25.5 Å². The average Bonchev–Trinajstić information content (AvgIpc) is 3.70. The molecule has 236 valence electrons. The van der Waals surface area contributed by atoms with Gasteiger partial charge < -0.3 is 29.8 Å². The third-order valence-corrected chi connectivity index (χ3v) is 12.3. The third-order valence-electron chi connectivity index (χ3n) is 12.3. The molecule has 4 fully saturated rings. The van der Waals surface area contributed by atoms with Crippen molar-refractivity contribution in [1.82, 2.24) is 4.98 Å². The van der Waals surface area contributed by atoms with Crippen molar-refractivity contribution in [2.24, 2.45) is 34.5 Å². The van der Waals surface area contributed by atoms with Gasteiger partial charge in [0.2, 0.25) is 0 Å². The molecule has 1 aromatic heterocycles. The summed E-state index contributed by atoms with van der Waals surface area (Å²) in [6.07, 6.45) is 15.2. The van der Waals surface area contributed by atoms with Gasteiger partial charge in [-0.25, -0.2) is 4.98 Å². The summed E-state index contributed by atoms with van der Waals surface area (Å²) in [6.45, 7) is 3.56. The van der Waals surface area contributed by atoms with Crippen LogP contribution in [0.5, 0.6) is 0 Å². The van der Waals surface area contributed by atoms with E-state index in [1.165, 1.54) is 6.39 Å². The number of ether oxygens (including phenoxy) is 2. The number of aliphatic hydroxyl groups is 2. The molecule has 5 aliphatic carbocycles. The maximum Gasteiger partial charge on any atom is 0.193 e. The molecule has 8 rings (SSSR count). The van der Waals surface area contributed by atoms with Crippen molar-refractivity contribution in [3.63, 3.8) is 0 Å². The number of ketones is 2. The van der Waals surface area contributed by atoms with E-state index in [0.717, 1.165) is 40.7 Å². The van der Waals surface area contributed by atoms with E-state index in [0.29, 0.717) is 31.4 Å². The number of nitrogen functional groups attached to an aromatic ring is 1. The van der Waals surface area contributed by atoms with Crippen LogP contribution in [0.25, 0.3) is 11.1 Å². The Labute approximate surface area is 261 Å². The number of aromatic nitrogens is 1. The SMILES string of the molecule is C[C@]12C=CC(=O)C=C1CC[C@@H]1[C@@H]2[C@@H](O)C[C@@]2(C)[C@H]1C[C@H]1O[C@@H](C3C=CC(Cc4cc(N)cc5ncoc45)=CC3)O[C@]12C(=O)CO. The normalized spacial score (nSPS) is 41.7. The number of hydrogen-bond acceptors (Lipinski definition) is 9. The minimum absolute atomic E-state index is 0.00223. The van der Waals surface area contributed by atoms with Crippen LogP contribution in [0.4, 0.5) is 5.69 Å². The number of anilines is 1. The smallest absolute Gasteiger partial charge is 0.193 e. The van der Waals surface area contributed by atoms with Crippen molar-refractivity contribution in [3.05, 3.63) is 71.7 Å². The highest BCUT2D eigenvalue weighted by Gasteiger charge is 2.76. The Balaban J connectivity index is 1.04. The Bertz CT molecular complexity index is 1720. The standard InChI is InChI=1S/C36H40N2O7/c1-34-10-9-24(40)13-22(34)7-8-25-26-15-30-36(29(42)17-39,35(26,2)16-28(41)31(25)34)45-33(44-30)20-5-3-19(4-6-20)11-21-12-23(37)14-27-32(21)43-18-38-27/h3-5,9-10,12-14,18,20,25-26,28,30-31,33,39,41H,6-8,11,15-17,37H2,1-2H3/t20?,25-,26-,28-,30+,31+,33+,34-,35-,36+/m0/s1. The monoisotopic (exact) mass is 612 g/mol. The fourth-order valence-electron chi connectivity index (χ4n) is 10.3.